The van der Waals surface area contributed by atoms with Gasteiger partial charge in [-0.1, -0.05) is 29.8 Å². The van der Waals surface area contributed by atoms with E-state index in [1.165, 1.54) is 19.4 Å². The van der Waals surface area contributed by atoms with Crippen molar-refractivity contribution >= 4 is 33.3 Å². The molecular formula is C22H26BrFN6O2. The monoisotopic (exact) mass is 504 g/mol. The second-order valence-electron chi connectivity index (χ2n) is 8.70. The van der Waals surface area contributed by atoms with Crippen LogP contribution in [0.2, 0.25) is 0 Å². The number of ether oxygens (including phenoxy) is 1. The minimum Gasteiger partial charge on any atom is -0.481 e. The minimum absolute atomic E-state index is 0.0714. The highest BCUT2D eigenvalue weighted by Crippen LogP contribution is 2.38. The normalized spacial score (nSPS) is 16.5. The lowest BCUT2D eigenvalue weighted by Gasteiger charge is -2.27. The van der Waals surface area contributed by atoms with Gasteiger partial charge in [0.1, 0.15) is 17.2 Å². The van der Waals surface area contributed by atoms with Crippen molar-refractivity contribution in [2.75, 3.05) is 30.4 Å². The molecule has 1 atom stereocenters. The van der Waals surface area contributed by atoms with E-state index in [9.17, 15) is 9.18 Å². The van der Waals surface area contributed by atoms with Crippen LogP contribution in [0.15, 0.2) is 30.7 Å². The van der Waals surface area contributed by atoms with E-state index in [1.807, 2.05) is 6.07 Å². The average molecular weight is 505 g/mol. The molecule has 10 heteroatoms. The van der Waals surface area contributed by atoms with E-state index in [1.54, 1.807) is 10.7 Å². The summed E-state index contributed by atoms with van der Waals surface area (Å²) in [5.74, 6) is 0.481. The zero-order valence-corrected chi connectivity index (χ0v) is 19.9. The zero-order valence-electron chi connectivity index (χ0n) is 18.3. The first-order chi connectivity index (χ1) is 15.3. The topological polar surface area (TPSA) is 84.6 Å². The molecule has 0 bridgehead atoms. The Labute approximate surface area is 194 Å². The summed E-state index contributed by atoms with van der Waals surface area (Å²) in [5.41, 5.74) is 1.51. The van der Waals surface area contributed by atoms with Gasteiger partial charge in [0.25, 0.3) is 5.91 Å². The predicted molar refractivity (Wildman–Crippen MR) is 123 cm³/mol. The Morgan fingerprint density at radius 1 is 1.41 bits per heavy atom. The predicted octanol–water partition coefficient (Wildman–Crippen LogP) is 3.76. The number of aromatic nitrogens is 4. The molecule has 0 saturated carbocycles. The second-order valence-corrected chi connectivity index (χ2v) is 9.26. The lowest BCUT2D eigenvalue weighted by Crippen LogP contribution is -2.34. The molecule has 0 radical (unpaired) electrons. The minimum atomic E-state index is -0.405. The summed E-state index contributed by atoms with van der Waals surface area (Å²) in [6.45, 7) is 5.41. The number of halogens is 2. The molecule has 1 unspecified atom stereocenters. The third-order valence-electron chi connectivity index (χ3n) is 5.63. The Balaban J connectivity index is 1.64. The quantitative estimate of drug-likeness (QED) is 0.493. The third kappa shape index (κ3) is 4.41. The van der Waals surface area contributed by atoms with E-state index in [2.05, 4.69) is 50.1 Å². The number of anilines is 1. The van der Waals surface area contributed by atoms with E-state index in [0.717, 1.165) is 30.9 Å². The smallest absolute Gasteiger partial charge is 0.256 e. The molecule has 4 rings (SSSR count). The fraction of sp³-hybridized carbons (Fsp3) is 0.455. The summed E-state index contributed by atoms with van der Waals surface area (Å²) >= 11 is 3.47. The molecule has 1 amide bonds. The van der Waals surface area contributed by atoms with Crippen molar-refractivity contribution in [3.8, 4) is 5.88 Å². The number of alkyl halides is 1. The molecule has 4 heterocycles. The molecule has 3 aromatic rings. The molecule has 8 nitrogen and oxygen atoms in total. The van der Waals surface area contributed by atoms with Gasteiger partial charge in [0.15, 0.2) is 5.65 Å². The molecule has 1 saturated heterocycles. The number of nitrogens with zero attached hydrogens (tertiary/aromatic N) is 5. The highest BCUT2D eigenvalue weighted by atomic mass is 79.9. The van der Waals surface area contributed by atoms with Crippen LogP contribution in [-0.4, -0.2) is 51.0 Å². The maximum absolute atomic E-state index is 13.9. The summed E-state index contributed by atoms with van der Waals surface area (Å²) in [5, 5.41) is 8.02. The zero-order chi connectivity index (χ0) is 22.9. The van der Waals surface area contributed by atoms with Crippen molar-refractivity contribution in [3.63, 3.8) is 0 Å². The maximum atomic E-state index is 13.9. The number of fused-ring (bicyclic) bond motifs is 1. The van der Waals surface area contributed by atoms with Crippen LogP contribution in [0.25, 0.3) is 5.65 Å². The highest BCUT2D eigenvalue weighted by Gasteiger charge is 2.31. The average Bonchev–Trinajstić information content (AvgIpc) is 3.44. The Hall–Kier alpha value is -2.75. The first kappa shape index (κ1) is 22.4. The molecule has 170 valence electrons. The van der Waals surface area contributed by atoms with Crippen molar-refractivity contribution in [2.45, 2.75) is 32.7 Å². The SMILES string of the molecule is COc1ncc(F)cc1C1CCCN1c1ccn2ncc(C(=O)NCC(C)(C)CBr)c2n1. The van der Waals surface area contributed by atoms with Gasteiger partial charge < -0.3 is 15.0 Å². The first-order valence-electron chi connectivity index (χ1n) is 10.5. The molecule has 1 aliphatic heterocycles. The molecule has 0 aromatic carbocycles. The fourth-order valence-electron chi connectivity index (χ4n) is 3.86. The molecule has 1 N–H and O–H groups in total. The fourth-order valence-corrected chi connectivity index (χ4v) is 4.06. The number of carbonyl (C=O) groups is 1. The molecular weight excluding hydrogens is 479 g/mol. The van der Waals surface area contributed by atoms with Crippen molar-refractivity contribution in [1.29, 1.82) is 0 Å². The number of amides is 1. The van der Waals surface area contributed by atoms with Crippen LogP contribution in [0.5, 0.6) is 5.88 Å². The maximum Gasteiger partial charge on any atom is 0.256 e. The van der Waals surface area contributed by atoms with E-state index < -0.39 is 5.82 Å². The van der Waals surface area contributed by atoms with Crippen molar-refractivity contribution < 1.29 is 13.9 Å². The van der Waals surface area contributed by atoms with Gasteiger partial charge in [-0.2, -0.15) is 5.10 Å². The van der Waals surface area contributed by atoms with Gasteiger partial charge >= 0.3 is 0 Å². The number of pyridine rings is 1. The van der Waals surface area contributed by atoms with Crippen molar-refractivity contribution in [1.82, 2.24) is 24.9 Å². The lowest BCUT2D eigenvalue weighted by molar-refractivity contribution is 0.0941. The summed E-state index contributed by atoms with van der Waals surface area (Å²) in [6.07, 6.45) is 6.21. The first-order valence-corrected chi connectivity index (χ1v) is 11.6. The summed E-state index contributed by atoms with van der Waals surface area (Å²) in [4.78, 5) is 23.8. The van der Waals surface area contributed by atoms with Gasteiger partial charge in [-0.3, -0.25) is 4.79 Å². The van der Waals surface area contributed by atoms with Gasteiger partial charge in [-0.15, -0.1) is 0 Å². The molecule has 32 heavy (non-hydrogen) atoms. The van der Waals surface area contributed by atoms with Gasteiger partial charge in [-0.05, 0) is 30.4 Å². The van der Waals surface area contributed by atoms with Crippen LogP contribution >= 0.6 is 15.9 Å². The third-order valence-corrected chi connectivity index (χ3v) is 7.15. The lowest BCUT2D eigenvalue weighted by atomic mass is 9.97. The van der Waals surface area contributed by atoms with Crippen LogP contribution in [0.3, 0.4) is 0 Å². The number of rotatable bonds is 7. The Bertz CT molecular complexity index is 1130. The molecule has 1 aliphatic rings. The Morgan fingerprint density at radius 2 is 2.22 bits per heavy atom. The number of hydrogen-bond acceptors (Lipinski definition) is 6. The van der Waals surface area contributed by atoms with Crippen LogP contribution < -0.4 is 15.0 Å². The molecule has 0 spiro atoms. The number of methoxy groups -OCH3 is 1. The van der Waals surface area contributed by atoms with E-state index >= 15 is 0 Å². The summed E-state index contributed by atoms with van der Waals surface area (Å²) in [6, 6.07) is 3.20. The molecule has 3 aromatic heterocycles. The Kier molecular flexibility index (Phi) is 6.32. The van der Waals surface area contributed by atoms with Crippen LogP contribution in [0, 0.1) is 11.2 Å². The number of carbonyl (C=O) groups excluding carboxylic acids is 1. The van der Waals surface area contributed by atoms with Gasteiger partial charge in [0, 0.05) is 30.2 Å². The van der Waals surface area contributed by atoms with E-state index in [0.29, 0.717) is 35.0 Å². The van der Waals surface area contributed by atoms with Crippen molar-refractivity contribution in [2.24, 2.45) is 5.41 Å². The van der Waals surface area contributed by atoms with Crippen LogP contribution in [-0.2, 0) is 0 Å². The largest absolute Gasteiger partial charge is 0.481 e. The molecule has 0 aliphatic carbocycles. The number of hydrogen-bond donors (Lipinski definition) is 1. The van der Waals surface area contributed by atoms with Gasteiger partial charge in [-0.25, -0.2) is 18.9 Å². The standard InChI is InChI=1S/C22H26BrFN6O2/c1-22(2,12-23)13-26-20(31)16-11-27-30-8-6-18(28-19(16)30)29-7-4-5-17(29)15-9-14(24)10-25-21(15)32-3/h6,8-11,17H,4-5,7,12-13H2,1-3H3,(H,26,31). The van der Waals surface area contributed by atoms with Gasteiger partial charge in [0.05, 0.1) is 25.5 Å². The molecule has 1 fully saturated rings. The van der Waals surface area contributed by atoms with Crippen LogP contribution in [0.1, 0.15) is 48.7 Å². The van der Waals surface area contributed by atoms with E-state index in [4.69, 9.17) is 9.72 Å². The van der Waals surface area contributed by atoms with Gasteiger partial charge in [0.2, 0.25) is 5.88 Å². The van der Waals surface area contributed by atoms with E-state index in [-0.39, 0.29) is 17.4 Å². The number of nitrogens with one attached hydrogen (secondary N) is 1. The Morgan fingerprint density at radius 3 is 2.97 bits per heavy atom. The summed E-state index contributed by atoms with van der Waals surface area (Å²) < 4.78 is 20.9. The van der Waals surface area contributed by atoms with Crippen LogP contribution in [0.4, 0.5) is 10.2 Å². The second kappa shape index (κ2) is 9.01. The van der Waals surface area contributed by atoms with Crippen molar-refractivity contribution in [3.05, 3.63) is 47.7 Å². The summed E-state index contributed by atoms with van der Waals surface area (Å²) in [7, 11) is 1.53. The highest BCUT2D eigenvalue weighted by molar-refractivity contribution is 9.09.